The first-order chi connectivity index (χ1) is 6.91. The van der Waals surface area contributed by atoms with Gasteiger partial charge in [-0.15, -0.1) is 0 Å². The molecule has 0 aliphatic rings. The van der Waals surface area contributed by atoms with Crippen LogP contribution in [0.5, 0.6) is 0 Å². The lowest BCUT2D eigenvalue weighted by atomic mass is 10.1. The van der Waals surface area contributed by atoms with E-state index >= 15 is 0 Å². The molecule has 0 amide bonds. The lowest BCUT2D eigenvalue weighted by molar-refractivity contribution is -0.385. The topological polar surface area (TPSA) is 80.4 Å². The highest BCUT2D eigenvalue weighted by Crippen LogP contribution is 2.31. The zero-order chi connectivity index (χ0) is 11.6. The average molecular weight is 294 g/mol. The Hall–Kier alpha value is -1.14. The summed E-state index contributed by atoms with van der Waals surface area (Å²) in [5.41, 5.74) is -0.186. The molecular formula is C8H5BrClNO4. The Morgan fingerprint density at radius 3 is 2.67 bits per heavy atom. The minimum Gasteiger partial charge on any atom is -0.481 e. The molecule has 0 heterocycles. The molecule has 0 radical (unpaired) electrons. The zero-order valence-corrected chi connectivity index (χ0v) is 9.58. The summed E-state index contributed by atoms with van der Waals surface area (Å²) in [6.45, 7) is 0. The smallest absolute Gasteiger partial charge is 0.308 e. The van der Waals surface area contributed by atoms with Crippen molar-refractivity contribution in [3.05, 3.63) is 37.3 Å². The molecule has 0 aliphatic heterocycles. The molecule has 7 heteroatoms. The molecule has 0 spiro atoms. The number of carbonyl (C=O) groups is 1. The third-order valence-electron chi connectivity index (χ3n) is 1.66. The van der Waals surface area contributed by atoms with Crippen molar-refractivity contribution in [2.24, 2.45) is 0 Å². The van der Waals surface area contributed by atoms with E-state index in [0.717, 1.165) is 6.07 Å². The number of hydrogen-bond acceptors (Lipinski definition) is 3. The van der Waals surface area contributed by atoms with E-state index < -0.39 is 17.3 Å². The van der Waals surface area contributed by atoms with Crippen molar-refractivity contribution in [1.82, 2.24) is 0 Å². The van der Waals surface area contributed by atoms with Crippen LogP contribution in [0, 0.1) is 10.1 Å². The van der Waals surface area contributed by atoms with Crippen LogP contribution in [0.3, 0.4) is 0 Å². The number of hydrogen-bond donors (Lipinski definition) is 1. The van der Waals surface area contributed by atoms with Gasteiger partial charge >= 0.3 is 5.97 Å². The van der Waals surface area contributed by atoms with Gasteiger partial charge in [-0.3, -0.25) is 14.9 Å². The molecule has 0 atom stereocenters. The van der Waals surface area contributed by atoms with Crippen LogP contribution in [0.15, 0.2) is 16.6 Å². The highest BCUT2D eigenvalue weighted by Gasteiger charge is 2.20. The molecule has 1 aromatic rings. The standard InChI is InChI=1S/C8H5BrClNO4/c9-6-1-4(10)2-7(11(14)15)5(6)3-8(12)13/h1-2H,3H2,(H,12,13). The molecule has 80 valence electrons. The van der Waals surface area contributed by atoms with Gasteiger partial charge in [0.05, 0.1) is 16.9 Å². The maximum atomic E-state index is 10.6. The third-order valence-corrected chi connectivity index (χ3v) is 2.59. The molecule has 0 aliphatic carbocycles. The molecule has 0 saturated carbocycles. The van der Waals surface area contributed by atoms with Crippen LogP contribution in [0.2, 0.25) is 5.02 Å². The first kappa shape index (κ1) is 11.9. The molecule has 0 fully saturated rings. The highest BCUT2D eigenvalue weighted by molar-refractivity contribution is 9.10. The fourth-order valence-electron chi connectivity index (χ4n) is 1.08. The average Bonchev–Trinajstić information content (AvgIpc) is 2.08. The van der Waals surface area contributed by atoms with Crippen LogP contribution in [-0.2, 0) is 11.2 Å². The second-order valence-electron chi connectivity index (χ2n) is 2.71. The molecule has 0 bridgehead atoms. The van der Waals surface area contributed by atoms with Crippen molar-refractivity contribution in [1.29, 1.82) is 0 Å². The second-order valence-corrected chi connectivity index (χ2v) is 4.00. The number of nitro benzene ring substituents is 1. The normalized spacial score (nSPS) is 10.0. The van der Waals surface area contributed by atoms with Gasteiger partial charge in [-0.2, -0.15) is 0 Å². The van der Waals surface area contributed by atoms with Crippen molar-refractivity contribution >= 4 is 39.2 Å². The first-order valence-electron chi connectivity index (χ1n) is 3.76. The monoisotopic (exact) mass is 293 g/mol. The van der Waals surface area contributed by atoms with Crippen molar-refractivity contribution in [3.8, 4) is 0 Å². The molecule has 0 unspecified atom stereocenters. The maximum Gasteiger partial charge on any atom is 0.308 e. The number of carboxylic acids is 1. The number of benzene rings is 1. The summed E-state index contributed by atoms with van der Waals surface area (Å²) in [7, 11) is 0. The summed E-state index contributed by atoms with van der Waals surface area (Å²) in [6.07, 6.45) is -0.423. The van der Waals surface area contributed by atoms with Crippen LogP contribution in [-0.4, -0.2) is 16.0 Å². The zero-order valence-electron chi connectivity index (χ0n) is 7.24. The lowest BCUT2D eigenvalue weighted by Gasteiger charge is -2.03. The third kappa shape index (κ3) is 2.90. The van der Waals surface area contributed by atoms with Gasteiger partial charge in [-0.1, -0.05) is 27.5 Å². The van der Waals surface area contributed by atoms with E-state index in [9.17, 15) is 14.9 Å². The number of aliphatic carboxylic acids is 1. The van der Waals surface area contributed by atoms with Gasteiger partial charge in [0.15, 0.2) is 0 Å². The Balaban J connectivity index is 3.33. The summed E-state index contributed by atoms with van der Waals surface area (Å²) >= 11 is 8.66. The van der Waals surface area contributed by atoms with Crippen LogP contribution in [0.1, 0.15) is 5.56 Å². The summed E-state index contributed by atoms with van der Waals surface area (Å²) in [5.74, 6) is -1.14. The second kappa shape index (κ2) is 4.59. The molecule has 1 N–H and O–H groups in total. The minimum absolute atomic E-state index is 0.108. The number of halogens is 2. The molecule has 1 aromatic carbocycles. The summed E-state index contributed by atoms with van der Waals surface area (Å²) < 4.78 is 0.323. The SMILES string of the molecule is O=C(O)Cc1c(Br)cc(Cl)cc1[N+](=O)[O-]. The number of rotatable bonds is 3. The van der Waals surface area contributed by atoms with E-state index in [1.165, 1.54) is 6.07 Å². The molecular weight excluding hydrogens is 289 g/mol. The van der Waals surface area contributed by atoms with Gasteiger partial charge in [-0.25, -0.2) is 0 Å². The van der Waals surface area contributed by atoms with Crippen molar-refractivity contribution in [2.75, 3.05) is 0 Å². The minimum atomic E-state index is -1.14. The Morgan fingerprint density at radius 2 is 2.20 bits per heavy atom. The van der Waals surface area contributed by atoms with Gasteiger partial charge in [-0.05, 0) is 6.07 Å². The van der Waals surface area contributed by atoms with Gasteiger partial charge in [0.1, 0.15) is 0 Å². The fourth-order valence-corrected chi connectivity index (χ4v) is 2.01. The highest BCUT2D eigenvalue weighted by atomic mass is 79.9. The van der Waals surface area contributed by atoms with E-state index in [1.54, 1.807) is 0 Å². The van der Waals surface area contributed by atoms with Crippen LogP contribution < -0.4 is 0 Å². The van der Waals surface area contributed by atoms with Gasteiger partial charge in [0.25, 0.3) is 5.69 Å². The van der Waals surface area contributed by atoms with Gasteiger partial charge in [0.2, 0.25) is 0 Å². The van der Waals surface area contributed by atoms with Crippen molar-refractivity contribution in [3.63, 3.8) is 0 Å². The lowest BCUT2D eigenvalue weighted by Crippen LogP contribution is -2.04. The molecule has 15 heavy (non-hydrogen) atoms. The Labute approximate surface area is 97.9 Å². The first-order valence-corrected chi connectivity index (χ1v) is 4.93. The van der Waals surface area contributed by atoms with Crippen LogP contribution in [0.25, 0.3) is 0 Å². The van der Waals surface area contributed by atoms with Crippen molar-refractivity contribution in [2.45, 2.75) is 6.42 Å². The number of carboxylic acid groups (broad SMARTS) is 1. The Morgan fingerprint density at radius 1 is 1.60 bits per heavy atom. The summed E-state index contributed by atoms with van der Waals surface area (Å²) in [4.78, 5) is 20.5. The van der Waals surface area contributed by atoms with E-state index in [2.05, 4.69) is 15.9 Å². The van der Waals surface area contributed by atoms with E-state index in [4.69, 9.17) is 16.7 Å². The fraction of sp³-hybridized carbons (Fsp3) is 0.125. The number of nitrogens with zero attached hydrogens (tertiary/aromatic N) is 1. The van der Waals surface area contributed by atoms with Crippen molar-refractivity contribution < 1.29 is 14.8 Å². The molecule has 0 saturated heterocycles. The van der Waals surface area contributed by atoms with E-state index in [1.807, 2.05) is 0 Å². The molecule has 1 rings (SSSR count). The maximum absolute atomic E-state index is 10.6. The predicted molar refractivity (Wildman–Crippen MR) is 57.1 cm³/mol. The van der Waals surface area contributed by atoms with Crippen LogP contribution >= 0.6 is 27.5 Å². The Kier molecular flexibility index (Phi) is 3.65. The van der Waals surface area contributed by atoms with Gasteiger partial charge in [0, 0.05) is 15.6 Å². The summed E-state index contributed by atoms with van der Waals surface area (Å²) in [5, 5.41) is 19.4. The quantitative estimate of drug-likeness (QED) is 0.686. The van der Waals surface area contributed by atoms with E-state index in [0.29, 0.717) is 4.47 Å². The van der Waals surface area contributed by atoms with E-state index in [-0.39, 0.29) is 16.3 Å². The largest absolute Gasteiger partial charge is 0.481 e. The summed E-state index contributed by atoms with van der Waals surface area (Å²) in [6, 6.07) is 2.55. The molecule has 5 nitrogen and oxygen atoms in total. The van der Waals surface area contributed by atoms with Crippen LogP contribution in [0.4, 0.5) is 5.69 Å². The molecule has 0 aromatic heterocycles. The predicted octanol–water partition coefficient (Wildman–Crippen LogP) is 2.64. The Bertz CT molecular complexity index is 435. The number of nitro groups is 1. The van der Waals surface area contributed by atoms with Gasteiger partial charge < -0.3 is 5.11 Å².